The van der Waals surface area contributed by atoms with Gasteiger partial charge in [-0.25, -0.2) is 4.98 Å². The van der Waals surface area contributed by atoms with Crippen molar-refractivity contribution in [2.75, 3.05) is 0 Å². The van der Waals surface area contributed by atoms with Crippen molar-refractivity contribution in [3.63, 3.8) is 0 Å². The number of hydrogen-bond donors (Lipinski definition) is 1. The van der Waals surface area contributed by atoms with E-state index in [4.69, 9.17) is 0 Å². The number of aliphatic hydroxyl groups is 1. The Bertz CT molecular complexity index is 323. The summed E-state index contributed by atoms with van der Waals surface area (Å²) in [7, 11) is 0. The molecule has 84 valence electrons. The molecule has 1 N–H and O–H groups in total. The average Bonchev–Trinajstić information content (AvgIpc) is 2.78. The third-order valence-corrected chi connectivity index (χ3v) is 3.19. The monoisotopic (exact) mass is 209 g/mol. The molecule has 3 unspecified atom stereocenters. The Balaban J connectivity index is 1.94. The van der Waals surface area contributed by atoms with Gasteiger partial charge < -0.3 is 5.11 Å². The molecule has 0 radical (unpaired) electrons. The van der Waals surface area contributed by atoms with Crippen molar-refractivity contribution in [3.05, 3.63) is 12.2 Å². The van der Waals surface area contributed by atoms with Gasteiger partial charge in [-0.2, -0.15) is 5.10 Å². The summed E-state index contributed by atoms with van der Waals surface area (Å²) in [6.07, 6.45) is 4.19. The molecule has 1 saturated carbocycles. The summed E-state index contributed by atoms with van der Waals surface area (Å²) in [6.45, 7) is 5.19. The molecule has 0 aromatic carbocycles. The number of rotatable bonds is 5. The van der Waals surface area contributed by atoms with Crippen LogP contribution in [0.1, 0.15) is 32.5 Å². The minimum Gasteiger partial charge on any atom is -0.392 e. The van der Waals surface area contributed by atoms with Crippen LogP contribution >= 0.6 is 0 Å². The van der Waals surface area contributed by atoms with Gasteiger partial charge in [-0.1, -0.05) is 13.8 Å². The Labute approximate surface area is 90.3 Å². The van der Waals surface area contributed by atoms with Crippen LogP contribution in [0.5, 0.6) is 0 Å². The Morgan fingerprint density at radius 3 is 3.00 bits per heavy atom. The first-order valence-corrected chi connectivity index (χ1v) is 5.77. The summed E-state index contributed by atoms with van der Waals surface area (Å²) in [6, 6.07) is 0. The molecule has 2 rings (SSSR count). The van der Waals surface area contributed by atoms with E-state index in [9.17, 15) is 5.11 Å². The maximum absolute atomic E-state index is 9.94. The van der Waals surface area contributed by atoms with Crippen LogP contribution in [0.25, 0.3) is 0 Å². The molecule has 4 heteroatoms. The third kappa shape index (κ3) is 2.37. The van der Waals surface area contributed by atoms with Crippen molar-refractivity contribution in [1.29, 1.82) is 0 Å². The van der Waals surface area contributed by atoms with E-state index in [1.54, 1.807) is 6.33 Å². The SMILES string of the molecule is CCCn1ncnc1CC(O)C1CC1C. The Kier molecular flexibility index (Phi) is 3.05. The molecule has 0 bridgehead atoms. The lowest BCUT2D eigenvalue weighted by atomic mass is 10.1. The highest BCUT2D eigenvalue weighted by molar-refractivity contribution is 4.95. The summed E-state index contributed by atoms with van der Waals surface area (Å²) in [5.41, 5.74) is 0. The molecule has 1 fully saturated rings. The second-order valence-corrected chi connectivity index (χ2v) is 4.55. The third-order valence-electron chi connectivity index (χ3n) is 3.19. The second kappa shape index (κ2) is 4.31. The topological polar surface area (TPSA) is 50.9 Å². The van der Waals surface area contributed by atoms with Gasteiger partial charge >= 0.3 is 0 Å². The van der Waals surface area contributed by atoms with Crippen LogP contribution in [0.3, 0.4) is 0 Å². The standard InChI is InChI=1S/C11H19N3O/c1-3-4-14-11(12-7-13-14)6-10(15)9-5-8(9)2/h7-10,15H,3-6H2,1-2H3. The number of nitrogens with zero attached hydrogens (tertiary/aromatic N) is 3. The van der Waals surface area contributed by atoms with Crippen LogP contribution in [0.15, 0.2) is 6.33 Å². The molecule has 3 atom stereocenters. The molecular formula is C11H19N3O. The maximum Gasteiger partial charge on any atom is 0.138 e. The molecule has 1 aliphatic rings. The molecule has 0 amide bonds. The van der Waals surface area contributed by atoms with E-state index in [-0.39, 0.29) is 6.10 Å². The van der Waals surface area contributed by atoms with E-state index < -0.39 is 0 Å². The fourth-order valence-electron chi connectivity index (χ4n) is 2.07. The molecule has 1 aromatic heterocycles. The van der Waals surface area contributed by atoms with Gasteiger partial charge in [0.15, 0.2) is 0 Å². The van der Waals surface area contributed by atoms with Crippen LogP contribution in [-0.4, -0.2) is 26.0 Å². The lowest BCUT2D eigenvalue weighted by Crippen LogP contribution is -2.18. The molecule has 15 heavy (non-hydrogen) atoms. The number of aliphatic hydroxyl groups excluding tert-OH is 1. The van der Waals surface area contributed by atoms with Gasteiger partial charge in [0.05, 0.1) is 6.10 Å². The van der Waals surface area contributed by atoms with Crippen molar-refractivity contribution in [2.45, 2.75) is 45.8 Å². The normalized spacial score (nSPS) is 26.6. The average molecular weight is 209 g/mol. The summed E-state index contributed by atoms with van der Waals surface area (Å²) in [5, 5.41) is 14.1. The molecule has 1 aromatic rings. The second-order valence-electron chi connectivity index (χ2n) is 4.55. The van der Waals surface area contributed by atoms with E-state index in [1.165, 1.54) is 0 Å². The Hall–Kier alpha value is -0.900. The zero-order valence-corrected chi connectivity index (χ0v) is 9.43. The summed E-state index contributed by atoms with van der Waals surface area (Å²) in [5.74, 6) is 2.09. The van der Waals surface area contributed by atoms with Crippen LogP contribution in [0, 0.1) is 11.8 Å². The molecular weight excluding hydrogens is 190 g/mol. The van der Waals surface area contributed by atoms with E-state index in [0.717, 1.165) is 25.2 Å². The lowest BCUT2D eigenvalue weighted by molar-refractivity contribution is 0.142. The Morgan fingerprint density at radius 2 is 2.40 bits per heavy atom. The first-order valence-electron chi connectivity index (χ1n) is 5.77. The van der Waals surface area contributed by atoms with Gasteiger partial charge in [0, 0.05) is 13.0 Å². The van der Waals surface area contributed by atoms with Crippen LogP contribution in [-0.2, 0) is 13.0 Å². The van der Waals surface area contributed by atoms with Gasteiger partial charge in [-0.3, -0.25) is 4.68 Å². The van der Waals surface area contributed by atoms with Gasteiger partial charge in [0.2, 0.25) is 0 Å². The van der Waals surface area contributed by atoms with E-state index in [1.807, 2.05) is 4.68 Å². The van der Waals surface area contributed by atoms with Crippen molar-refractivity contribution in [2.24, 2.45) is 11.8 Å². The van der Waals surface area contributed by atoms with Crippen molar-refractivity contribution < 1.29 is 5.11 Å². The quantitative estimate of drug-likeness (QED) is 0.794. The van der Waals surface area contributed by atoms with Crippen molar-refractivity contribution >= 4 is 0 Å². The molecule has 0 aliphatic heterocycles. The van der Waals surface area contributed by atoms with Gasteiger partial charge in [-0.05, 0) is 24.7 Å². The maximum atomic E-state index is 9.94. The predicted molar refractivity (Wildman–Crippen MR) is 57.3 cm³/mol. The zero-order chi connectivity index (χ0) is 10.8. The number of aryl methyl sites for hydroxylation is 1. The van der Waals surface area contributed by atoms with E-state index in [2.05, 4.69) is 23.9 Å². The fraction of sp³-hybridized carbons (Fsp3) is 0.818. The minimum atomic E-state index is -0.236. The highest BCUT2D eigenvalue weighted by atomic mass is 16.3. The number of hydrogen-bond acceptors (Lipinski definition) is 3. The fourth-order valence-corrected chi connectivity index (χ4v) is 2.07. The van der Waals surface area contributed by atoms with E-state index in [0.29, 0.717) is 18.3 Å². The van der Waals surface area contributed by atoms with Crippen LogP contribution < -0.4 is 0 Å². The van der Waals surface area contributed by atoms with Crippen molar-refractivity contribution in [3.8, 4) is 0 Å². The smallest absolute Gasteiger partial charge is 0.138 e. The zero-order valence-electron chi connectivity index (χ0n) is 9.43. The van der Waals surface area contributed by atoms with Crippen molar-refractivity contribution in [1.82, 2.24) is 14.8 Å². The summed E-state index contributed by atoms with van der Waals surface area (Å²) < 4.78 is 1.90. The van der Waals surface area contributed by atoms with Crippen LogP contribution in [0.2, 0.25) is 0 Å². The Morgan fingerprint density at radius 1 is 1.67 bits per heavy atom. The lowest BCUT2D eigenvalue weighted by Gasteiger charge is -2.10. The van der Waals surface area contributed by atoms with Gasteiger partial charge in [0.1, 0.15) is 12.2 Å². The summed E-state index contributed by atoms with van der Waals surface area (Å²) >= 11 is 0. The first kappa shape index (κ1) is 10.6. The largest absolute Gasteiger partial charge is 0.392 e. The molecule has 0 spiro atoms. The minimum absolute atomic E-state index is 0.236. The predicted octanol–water partition coefficient (Wildman–Crippen LogP) is 1.25. The highest BCUT2D eigenvalue weighted by Crippen LogP contribution is 2.41. The molecule has 0 saturated heterocycles. The van der Waals surface area contributed by atoms with Gasteiger partial charge in [0.25, 0.3) is 0 Å². The summed E-state index contributed by atoms with van der Waals surface area (Å²) in [4.78, 5) is 4.20. The molecule has 1 aliphatic carbocycles. The molecule has 1 heterocycles. The van der Waals surface area contributed by atoms with Crippen LogP contribution in [0.4, 0.5) is 0 Å². The van der Waals surface area contributed by atoms with E-state index >= 15 is 0 Å². The van der Waals surface area contributed by atoms with Gasteiger partial charge in [-0.15, -0.1) is 0 Å². The molecule has 4 nitrogen and oxygen atoms in total. The first-order chi connectivity index (χ1) is 7.22. The highest BCUT2D eigenvalue weighted by Gasteiger charge is 2.39. The number of aromatic nitrogens is 3.